The first-order chi connectivity index (χ1) is 10.1. The van der Waals surface area contributed by atoms with Crippen LogP contribution in [0, 0.1) is 6.92 Å². The Morgan fingerprint density at radius 3 is 2.57 bits per heavy atom. The molecular formula is C18H22N2S. The fourth-order valence-electron chi connectivity index (χ4n) is 2.21. The number of hydrogen-bond donors (Lipinski definition) is 2. The Kier molecular flexibility index (Phi) is 5.76. The van der Waals surface area contributed by atoms with Gasteiger partial charge in [-0.15, -0.1) is 0 Å². The summed E-state index contributed by atoms with van der Waals surface area (Å²) in [5.74, 6) is 0. The van der Waals surface area contributed by atoms with E-state index >= 15 is 0 Å². The quantitative estimate of drug-likeness (QED) is 0.805. The maximum absolute atomic E-state index is 5.36. The topological polar surface area (TPSA) is 24.1 Å². The van der Waals surface area contributed by atoms with Crippen molar-refractivity contribution < 1.29 is 0 Å². The van der Waals surface area contributed by atoms with E-state index in [0.717, 1.165) is 18.5 Å². The fraction of sp³-hybridized carbons (Fsp3) is 0.278. The zero-order chi connectivity index (χ0) is 15.1. The van der Waals surface area contributed by atoms with Crippen LogP contribution in [0.5, 0.6) is 0 Å². The third kappa shape index (κ3) is 5.56. The Labute approximate surface area is 132 Å². The van der Waals surface area contributed by atoms with Crippen molar-refractivity contribution >= 4 is 23.0 Å². The van der Waals surface area contributed by atoms with Crippen molar-refractivity contribution in [2.45, 2.75) is 32.7 Å². The number of aryl methyl sites for hydroxylation is 2. The number of nitrogens with one attached hydrogen (secondary N) is 2. The second kappa shape index (κ2) is 7.79. The van der Waals surface area contributed by atoms with E-state index in [1.807, 2.05) is 18.2 Å². The van der Waals surface area contributed by atoms with Crippen molar-refractivity contribution in [1.29, 1.82) is 0 Å². The van der Waals surface area contributed by atoms with Crippen molar-refractivity contribution in [1.82, 2.24) is 5.32 Å². The van der Waals surface area contributed by atoms with E-state index in [-0.39, 0.29) is 0 Å². The predicted octanol–water partition coefficient (Wildman–Crippen LogP) is 4.30. The van der Waals surface area contributed by atoms with E-state index < -0.39 is 0 Å². The maximum Gasteiger partial charge on any atom is 0.170 e. The monoisotopic (exact) mass is 298 g/mol. The highest BCUT2D eigenvalue weighted by Crippen LogP contribution is 2.10. The molecule has 0 amide bonds. The molecule has 2 nitrogen and oxygen atoms in total. The first-order valence-corrected chi connectivity index (χ1v) is 7.72. The third-order valence-corrected chi connectivity index (χ3v) is 3.58. The molecule has 0 aliphatic carbocycles. The molecule has 0 spiro atoms. The van der Waals surface area contributed by atoms with Crippen molar-refractivity contribution in [3.63, 3.8) is 0 Å². The maximum atomic E-state index is 5.36. The molecule has 2 aromatic carbocycles. The zero-order valence-corrected chi connectivity index (χ0v) is 13.4. The summed E-state index contributed by atoms with van der Waals surface area (Å²) in [4.78, 5) is 0. The van der Waals surface area contributed by atoms with Gasteiger partial charge >= 0.3 is 0 Å². The van der Waals surface area contributed by atoms with Gasteiger partial charge in [-0.1, -0.05) is 42.5 Å². The molecule has 0 bridgehead atoms. The highest BCUT2D eigenvalue weighted by atomic mass is 32.1. The van der Waals surface area contributed by atoms with Crippen LogP contribution in [-0.4, -0.2) is 11.2 Å². The van der Waals surface area contributed by atoms with Crippen molar-refractivity contribution in [2.75, 3.05) is 5.32 Å². The summed E-state index contributed by atoms with van der Waals surface area (Å²) >= 11 is 5.36. The molecule has 0 aliphatic heterocycles. The molecule has 0 fully saturated rings. The Bertz CT molecular complexity index is 581. The second-order valence-corrected chi connectivity index (χ2v) is 5.80. The Balaban J connectivity index is 1.77. The van der Waals surface area contributed by atoms with Crippen molar-refractivity contribution in [3.8, 4) is 0 Å². The SMILES string of the molecule is Cc1cccc(NC(=S)N[C@H](C)CCc2ccccc2)c1. The first kappa shape index (κ1) is 15.5. The van der Waals surface area contributed by atoms with Gasteiger partial charge in [0.05, 0.1) is 0 Å². The van der Waals surface area contributed by atoms with Crippen LogP contribution < -0.4 is 10.6 Å². The summed E-state index contributed by atoms with van der Waals surface area (Å²) < 4.78 is 0. The highest BCUT2D eigenvalue weighted by molar-refractivity contribution is 7.80. The molecule has 0 unspecified atom stereocenters. The van der Waals surface area contributed by atoms with Crippen LogP contribution in [0.3, 0.4) is 0 Å². The minimum absolute atomic E-state index is 0.343. The normalized spacial score (nSPS) is 11.7. The van der Waals surface area contributed by atoms with Gasteiger partial charge in [0.2, 0.25) is 0 Å². The average Bonchev–Trinajstić information content (AvgIpc) is 2.46. The van der Waals surface area contributed by atoms with Crippen LogP contribution in [0.25, 0.3) is 0 Å². The molecule has 0 saturated carbocycles. The minimum atomic E-state index is 0.343. The van der Waals surface area contributed by atoms with Crippen LogP contribution in [0.2, 0.25) is 0 Å². The number of benzene rings is 2. The molecule has 21 heavy (non-hydrogen) atoms. The van der Waals surface area contributed by atoms with Gasteiger partial charge < -0.3 is 10.6 Å². The van der Waals surface area contributed by atoms with Gasteiger partial charge in [-0.05, 0) is 62.2 Å². The van der Waals surface area contributed by atoms with Crippen LogP contribution in [-0.2, 0) is 6.42 Å². The van der Waals surface area contributed by atoms with Crippen molar-refractivity contribution in [2.24, 2.45) is 0 Å². The molecule has 3 heteroatoms. The lowest BCUT2D eigenvalue weighted by atomic mass is 10.1. The van der Waals surface area contributed by atoms with Gasteiger partial charge in [-0.2, -0.15) is 0 Å². The molecule has 0 saturated heterocycles. The summed E-state index contributed by atoms with van der Waals surface area (Å²) in [6, 6.07) is 19.1. The molecule has 110 valence electrons. The van der Waals surface area contributed by atoms with Crippen LogP contribution in [0.15, 0.2) is 54.6 Å². The van der Waals surface area contributed by atoms with Gasteiger partial charge in [-0.3, -0.25) is 0 Å². The second-order valence-electron chi connectivity index (χ2n) is 5.39. The predicted molar refractivity (Wildman–Crippen MR) is 94.8 cm³/mol. The van der Waals surface area contributed by atoms with E-state index in [0.29, 0.717) is 11.2 Å². The fourth-order valence-corrected chi connectivity index (χ4v) is 2.53. The molecule has 2 N–H and O–H groups in total. The van der Waals surface area contributed by atoms with Crippen molar-refractivity contribution in [3.05, 3.63) is 65.7 Å². The van der Waals surface area contributed by atoms with Gasteiger partial charge in [0, 0.05) is 11.7 Å². The summed E-state index contributed by atoms with van der Waals surface area (Å²) in [6.07, 6.45) is 2.11. The Morgan fingerprint density at radius 2 is 1.86 bits per heavy atom. The molecule has 1 atom stereocenters. The standard InChI is InChI=1S/C18H22N2S/c1-14-7-6-10-17(13-14)20-18(21)19-15(2)11-12-16-8-4-3-5-9-16/h3-10,13,15H,11-12H2,1-2H3,(H2,19,20,21)/t15-/m1/s1. The average molecular weight is 298 g/mol. The first-order valence-electron chi connectivity index (χ1n) is 7.31. The number of thiocarbonyl (C=S) groups is 1. The lowest BCUT2D eigenvalue weighted by molar-refractivity contribution is 0.609. The van der Waals surface area contributed by atoms with Gasteiger partial charge in [0.25, 0.3) is 0 Å². The van der Waals surface area contributed by atoms with E-state index in [1.54, 1.807) is 0 Å². The third-order valence-electron chi connectivity index (χ3n) is 3.36. The Morgan fingerprint density at radius 1 is 1.10 bits per heavy atom. The van der Waals surface area contributed by atoms with E-state index in [1.165, 1.54) is 11.1 Å². The molecular weight excluding hydrogens is 276 g/mol. The Hall–Kier alpha value is -1.87. The summed E-state index contributed by atoms with van der Waals surface area (Å²) in [5, 5.41) is 7.25. The van der Waals surface area contributed by atoms with E-state index in [4.69, 9.17) is 12.2 Å². The lowest BCUT2D eigenvalue weighted by Crippen LogP contribution is -2.36. The van der Waals surface area contributed by atoms with E-state index in [9.17, 15) is 0 Å². The highest BCUT2D eigenvalue weighted by Gasteiger charge is 2.05. The zero-order valence-electron chi connectivity index (χ0n) is 12.6. The molecule has 0 aliphatic rings. The summed E-state index contributed by atoms with van der Waals surface area (Å²) in [6.45, 7) is 4.23. The largest absolute Gasteiger partial charge is 0.360 e. The van der Waals surface area contributed by atoms with Crippen LogP contribution in [0.1, 0.15) is 24.5 Å². The molecule has 2 aromatic rings. The summed E-state index contributed by atoms with van der Waals surface area (Å²) in [7, 11) is 0. The van der Waals surface area contributed by atoms with Gasteiger partial charge in [-0.25, -0.2) is 0 Å². The molecule has 0 radical (unpaired) electrons. The van der Waals surface area contributed by atoms with Gasteiger partial charge in [0.1, 0.15) is 0 Å². The molecule has 0 heterocycles. The number of anilines is 1. The molecule has 0 aromatic heterocycles. The lowest BCUT2D eigenvalue weighted by Gasteiger charge is -2.17. The van der Waals surface area contributed by atoms with Crippen LogP contribution >= 0.6 is 12.2 Å². The van der Waals surface area contributed by atoms with E-state index in [2.05, 4.69) is 60.9 Å². The van der Waals surface area contributed by atoms with Crippen LogP contribution in [0.4, 0.5) is 5.69 Å². The number of rotatable bonds is 5. The number of hydrogen-bond acceptors (Lipinski definition) is 1. The smallest absolute Gasteiger partial charge is 0.170 e. The minimum Gasteiger partial charge on any atom is -0.360 e. The summed E-state index contributed by atoms with van der Waals surface area (Å²) in [5.41, 5.74) is 3.62. The molecule has 2 rings (SSSR count). The van der Waals surface area contributed by atoms with Gasteiger partial charge in [0.15, 0.2) is 5.11 Å².